The van der Waals surface area contributed by atoms with Crippen LogP contribution < -0.4 is 0 Å². The van der Waals surface area contributed by atoms with E-state index >= 15 is 0 Å². The summed E-state index contributed by atoms with van der Waals surface area (Å²) in [6.07, 6.45) is 5.94. The van der Waals surface area contributed by atoms with Gasteiger partial charge in [0.05, 0.1) is 0 Å². The van der Waals surface area contributed by atoms with Gasteiger partial charge in [-0.3, -0.25) is 0 Å². The van der Waals surface area contributed by atoms with Crippen LogP contribution in [0.1, 0.15) is 43.9 Å². The van der Waals surface area contributed by atoms with Crippen molar-refractivity contribution in [1.82, 2.24) is 4.98 Å². The van der Waals surface area contributed by atoms with Gasteiger partial charge in [-0.15, -0.1) is 0 Å². The molecule has 1 saturated carbocycles. The Hall–Kier alpha value is -0.900. The van der Waals surface area contributed by atoms with Crippen molar-refractivity contribution in [2.45, 2.75) is 38.0 Å². The molecule has 1 aliphatic carbocycles. The molecule has 90 valence electrons. The number of hydrogen-bond acceptors (Lipinski definition) is 2. The van der Waals surface area contributed by atoms with Crippen molar-refractivity contribution >= 4 is 27.0 Å². The molecule has 2 nitrogen and oxygen atoms in total. The van der Waals surface area contributed by atoms with Crippen LogP contribution in [0.4, 0.5) is 4.39 Å². The maximum absolute atomic E-state index is 13.7. The van der Waals surface area contributed by atoms with Crippen molar-refractivity contribution in [3.05, 3.63) is 28.3 Å². The first-order valence-corrected chi connectivity index (χ1v) is 6.79. The first-order valence-electron chi connectivity index (χ1n) is 5.99. The third kappa shape index (κ3) is 2.10. The first-order chi connectivity index (χ1) is 8.24. The van der Waals surface area contributed by atoms with Gasteiger partial charge in [0.15, 0.2) is 17.3 Å². The SMILES string of the molecule is Fc1cc(Br)cc2nc(C3CCCCC3)oc12. The molecule has 17 heavy (non-hydrogen) atoms. The van der Waals surface area contributed by atoms with Gasteiger partial charge in [-0.1, -0.05) is 35.2 Å². The van der Waals surface area contributed by atoms with Crippen LogP contribution in [-0.4, -0.2) is 4.98 Å². The van der Waals surface area contributed by atoms with E-state index in [0.29, 0.717) is 21.8 Å². The van der Waals surface area contributed by atoms with E-state index < -0.39 is 0 Å². The fraction of sp³-hybridized carbons (Fsp3) is 0.462. The Morgan fingerprint density at radius 2 is 2.00 bits per heavy atom. The van der Waals surface area contributed by atoms with Gasteiger partial charge in [-0.25, -0.2) is 9.37 Å². The summed E-state index contributed by atoms with van der Waals surface area (Å²) in [5.74, 6) is 0.731. The molecule has 0 spiro atoms. The standard InChI is InChI=1S/C13H13BrFNO/c14-9-6-10(15)12-11(7-9)16-13(17-12)8-4-2-1-3-5-8/h6-8H,1-5H2. The molecule has 1 heterocycles. The summed E-state index contributed by atoms with van der Waals surface area (Å²) in [5, 5.41) is 0. The van der Waals surface area contributed by atoms with Crippen LogP contribution in [0.15, 0.2) is 21.0 Å². The van der Waals surface area contributed by atoms with E-state index in [-0.39, 0.29) is 11.4 Å². The van der Waals surface area contributed by atoms with Crippen LogP contribution in [0, 0.1) is 5.82 Å². The summed E-state index contributed by atoms with van der Waals surface area (Å²) >= 11 is 3.27. The number of fused-ring (bicyclic) bond motifs is 1. The van der Waals surface area contributed by atoms with Gasteiger partial charge in [0, 0.05) is 10.4 Å². The number of hydrogen-bond donors (Lipinski definition) is 0. The summed E-state index contributed by atoms with van der Waals surface area (Å²) in [6, 6.07) is 3.21. The average Bonchev–Trinajstić information content (AvgIpc) is 2.74. The molecular weight excluding hydrogens is 285 g/mol. The molecule has 1 aromatic carbocycles. The number of oxazole rings is 1. The van der Waals surface area contributed by atoms with Crippen LogP contribution in [-0.2, 0) is 0 Å². The number of halogens is 2. The Morgan fingerprint density at radius 3 is 2.76 bits per heavy atom. The second-order valence-corrected chi connectivity index (χ2v) is 5.54. The minimum absolute atomic E-state index is 0.286. The molecule has 0 unspecified atom stereocenters. The van der Waals surface area contributed by atoms with Gasteiger partial charge in [-0.2, -0.15) is 0 Å². The van der Waals surface area contributed by atoms with Crippen molar-refractivity contribution in [2.75, 3.05) is 0 Å². The van der Waals surface area contributed by atoms with Crippen molar-refractivity contribution in [3.63, 3.8) is 0 Å². The molecule has 1 fully saturated rings. The second kappa shape index (κ2) is 4.41. The van der Waals surface area contributed by atoms with Crippen LogP contribution >= 0.6 is 15.9 Å². The minimum Gasteiger partial charge on any atom is -0.437 e. The summed E-state index contributed by atoms with van der Waals surface area (Å²) in [6.45, 7) is 0. The molecule has 0 atom stereocenters. The minimum atomic E-state index is -0.344. The Balaban J connectivity index is 2.03. The Bertz CT molecular complexity index is 546. The van der Waals surface area contributed by atoms with Crippen molar-refractivity contribution in [2.24, 2.45) is 0 Å². The molecule has 2 aromatic rings. The Morgan fingerprint density at radius 1 is 1.24 bits per heavy atom. The number of aromatic nitrogens is 1. The monoisotopic (exact) mass is 297 g/mol. The van der Waals surface area contributed by atoms with E-state index in [4.69, 9.17) is 4.42 Å². The summed E-state index contributed by atoms with van der Waals surface area (Å²) < 4.78 is 20.0. The molecule has 3 rings (SSSR count). The highest BCUT2D eigenvalue weighted by atomic mass is 79.9. The lowest BCUT2D eigenvalue weighted by molar-refractivity contribution is 0.370. The largest absolute Gasteiger partial charge is 0.437 e. The third-order valence-electron chi connectivity index (χ3n) is 3.38. The topological polar surface area (TPSA) is 26.0 Å². The van der Waals surface area contributed by atoms with Crippen LogP contribution in [0.2, 0.25) is 0 Å². The van der Waals surface area contributed by atoms with Crippen molar-refractivity contribution in [1.29, 1.82) is 0 Å². The maximum atomic E-state index is 13.7. The second-order valence-electron chi connectivity index (χ2n) is 4.62. The Labute approximate surface area is 107 Å². The predicted octanol–water partition coefficient (Wildman–Crippen LogP) is 4.78. The number of benzene rings is 1. The maximum Gasteiger partial charge on any atom is 0.198 e. The van der Waals surface area contributed by atoms with Gasteiger partial charge in [0.25, 0.3) is 0 Å². The van der Waals surface area contributed by atoms with Crippen LogP contribution in [0.5, 0.6) is 0 Å². The van der Waals surface area contributed by atoms with Crippen molar-refractivity contribution in [3.8, 4) is 0 Å². The molecule has 1 aromatic heterocycles. The summed E-state index contributed by atoms with van der Waals surface area (Å²) in [4.78, 5) is 4.42. The molecular formula is C13H13BrFNO. The zero-order valence-corrected chi connectivity index (χ0v) is 11.0. The van der Waals surface area contributed by atoms with E-state index in [1.807, 2.05) is 0 Å². The van der Waals surface area contributed by atoms with Gasteiger partial charge in [-0.05, 0) is 25.0 Å². The zero-order valence-electron chi connectivity index (χ0n) is 9.38. The van der Waals surface area contributed by atoms with Crippen LogP contribution in [0.25, 0.3) is 11.1 Å². The number of rotatable bonds is 1. The average molecular weight is 298 g/mol. The molecule has 0 saturated heterocycles. The predicted molar refractivity (Wildman–Crippen MR) is 67.5 cm³/mol. The van der Waals surface area contributed by atoms with E-state index in [2.05, 4.69) is 20.9 Å². The van der Waals surface area contributed by atoms with Gasteiger partial charge in [0.1, 0.15) is 5.52 Å². The van der Waals surface area contributed by atoms with Crippen LogP contribution in [0.3, 0.4) is 0 Å². The summed E-state index contributed by atoms with van der Waals surface area (Å²) in [5.41, 5.74) is 0.895. The van der Waals surface area contributed by atoms with E-state index in [1.165, 1.54) is 25.3 Å². The zero-order chi connectivity index (χ0) is 11.8. The molecule has 0 radical (unpaired) electrons. The molecule has 0 amide bonds. The van der Waals surface area contributed by atoms with Gasteiger partial charge in [0.2, 0.25) is 0 Å². The normalized spacial score (nSPS) is 17.8. The molecule has 0 N–H and O–H groups in total. The lowest BCUT2D eigenvalue weighted by Gasteiger charge is -2.17. The fourth-order valence-electron chi connectivity index (χ4n) is 2.50. The fourth-order valence-corrected chi connectivity index (χ4v) is 2.92. The lowest BCUT2D eigenvalue weighted by Crippen LogP contribution is -2.04. The van der Waals surface area contributed by atoms with E-state index in [9.17, 15) is 4.39 Å². The van der Waals surface area contributed by atoms with Gasteiger partial charge < -0.3 is 4.42 Å². The highest BCUT2D eigenvalue weighted by molar-refractivity contribution is 9.10. The first kappa shape index (κ1) is 11.2. The molecule has 0 aliphatic heterocycles. The Kier molecular flexibility index (Phi) is 2.90. The third-order valence-corrected chi connectivity index (χ3v) is 3.84. The lowest BCUT2D eigenvalue weighted by atomic mass is 9.89. The van der Waals surface area contributed by atoms with E-state index in [0.717, 1.165) is 12.8 Å². The summed E-state index contributed by atoms with van der Waals surface area (Å²) in [7, 11) is 0. The van der Waals surface area contributed by atoms with Gasteiger partial charge >= 0.3 is 0 Å². The van der Waals surface area contributed by atoms with Crippen molar-refractivity contribution < 1.29 is 8.81 Å². The highest BCUT2D eigenvalue weighted by Gasteiger charge is 2.22. The smallest absolute Gasteiger partial charge is 0.198 e. The quantitative estimate of drug-likeness (QED) is 0.757. The van der Waals surface area contributed by atoms with E-state index in [1.54, 1.807) is 6.07 Å². The number of nitrogens with zero attached hydrogens (tertiary/aromatic N) is 1. The highest BCUT2D eigenvalue weighted by Crippen LogP contribution is 2.34. The molecule has 4 heteroatoms. The molecule has 0 bridgehead atoms. The molecule has 1 aliphatic rings.